The molecule has 71 heavy (non-hydrogen) atoms. The lowest BCUT2D eigenvalue weighted by atomic mass is 9.89. The van der Waals surface area contributed by atoms with Gasteiger partial charge in [-0.1, -0.05) is 97.4 Å². The molecule has 0 aliphatic carbocycles. The first-order valence-electron chi connectivity index (χ1n) is 24.5. The van der Waals surface area contributed by atoms with Gasteiger partial charge in [0.05, 0.1) is 41.6 Å². The highest BCUT2D eigenvalue weighted by Gasteiger charge is 2.43. The van der Waals surface area contributed by atoms with Gasteiger partial charge in [0.2, 0.25) is 23.6 Å². The number of anilines is 1. The van der Waals surface area contributed by atoms with Crippen LogP contribution in [0, 0.1) is 33.8 Å². The lowest BCUT2D eigenvalue weighted by Gasteiger charge is -2.40. The van der Waals surface area contributed by atoms with Crippen molar-refractivity contribution in [1.82, 2.24) is 25.3 Å². The molecule has 3 N–H and O–H groups in total. The molecule has 1 aliphatic heterocycles. The first-order valence-corrected chi connectivity index (χ1v) is 24.5. The first kappa shape index (κ1) is 57.2. The van der Waals surface area contributed by atoms with E-state index in [-0.39, 0.29) is 60.4 Å². The van der Waals surface area contributed by atoms with Gasteiger partial charge in [-0.25, -0.2) is 4.79 Å². The quantitative estimate of drug-likeness (QED) is 0.0356. The van der Waals surface area contributed by atoms with Gasteiger partial charge in [0.25, 0.3) is 5.69 Å². The van der Waals surface area contributed by atoms with E-state index in [1.54, 1.807) is 55.1 Å². The van der Waals surface area contributed by atoms with E-state index >= 15 is 0 Å². The predicted molar refractivity (Wildman–Crippen MR) is 274 cm³/mol. The highest BCUT2D eigenvalue weighted by Crippen LogP contribution is 2.30. The SMILES string of the molecule is CC[C@H](C)[C@@H]([C@@H](CC(=O)N1CCC[C@H]1[C@H](OC)[C@@H](C)C(=O)N[C@@H](Cc1ccccc1)C(=O)Nc1ccc(CNC(=O)Oc2ccc([N+](=O)[O-])cc2)cc1)OC)N(C)C(=O)[C@@H](N=C(C(C)C)N(C)C)C(C)C. The van der Waals surface area contributed by atoms with E-state index in [2.05, 4.69) is 43.6 Å². The number of nitrogens with one attached hydrogen (secondary N) is 3. The summed E-state index contributed by atoms with van der Waals surface area (Å²) in [6.45, 7) is 14.5. The van der Waals surface area contributed by atoms with E-state index < -0.39 is 65.1 Å². The van der Waals surface area contributed by atoms with E-state index in [1.807, 2.05) is 63.2 Å². The van der Waals surface area contributed by atoms with Crippen molar-refractivity contribution in [1.29, 1.82) is 0 Å². The Morgan fingerprint density at radius 1 is 0.859 bits per heavy atom. The van der Waals surface area contributed by atoms with Gasteiger partial charge in [0, 0.05) is 78.6 Å². The van der Waals surface area contributed by atoms with Gasteiger partial charge in [0.15, 0.2) is 0 Å². The molecule has 1 fully saturated rings. The summed E-state index contributed by atoms with van der Waals surface area (Å²) in [7, 11) is 8.74. The van der Waals surface area contributed by atoms with Crippen LogP contribution in [0.3, 0.4) is 0 Å². The number of rotatable bonds is 24. The Morgan fingerprint density at radius 3 is 2.06 bits per heavy atom. The number of likely N-dealkylation sites (tertiary alicyclic amines) is 1. The number of amides is 5. The molecule has 0 unspecified atom stereocenters. The van der Waals surface area contributed by atoms with Gasteiger partial charge in [-0.15, -0.1) is 0 Å². The molecule has 18 heteroatoms. The Labute approximate surface area is 419 Å². The fraction of sp³-hybridized carbons (Fsp3) is 0.547. The first-order chi connectivity index (χ1) is 33.7. The van der Waals surface area contributed by atoms with E-state index in [1.165, 1.54) is 31.4 Å². The number of carbonyl (C=O) groups excluding carboxylic acids is 5. The van der Waals surface area contributed by atoms with E-state index in [9.17, 15) is 34.1 Å². The van der Waals surface area contributed by atoms with Crippen LogP contribution in [0.2, 0.25) is 0 Å². The second kappa shape index (κ2) is 27.3. The summed E-state index contributed by atoms with van der Waals surface area (Å²) >= 11 is 0. The summed E-state index contributed by atoms with van der Waals surface area (Å²) < 4.78 is 17.4. The van der Waals surface area contributed by atoms with Crippen LogP contribution in [-0.2, 0) is 41.6 Å². The molecule has 0 radical (unpaired) electrons. The monoisotopic (exact) mass is 985 g/mol. The Bertz CT molecular complexity index is 2250. The van der Waals surface area contributed by atoms with Crippen molar-refractivity contribution < 1.29 is 43.1 Å². The number of nitro benzene ring substituents is 1. The fourth-order valence-electron chi connectivity index (χ4n) is 9.18. The van der Waals surface area contributed by atoms with Gasteiger partial charge in [-0.05, 0) is 60.1 Å². The Morgan fingerprint density at radius 2 is 1.51 bits per heavy atom. The topological polar surface area (TPSA) is 214 Å². The van der Waals surface area contributed by atoms with Crippen LogP contribution in [0.4, 0.5) is 16.2 Å². The highest BCUT2D eigenvalue weighted by atomic mass is 16.6. The third-order valence-corrected chi connectivity index (χ3v) is 13.2. The molecule has 1 heterocycles. The molecule has 5 amide bonds. The number of ether oxygens (including phenoxy) is 3. The number of benzene rings is 3. The van der Waals surface area contributed by atoms with Crippen LogP contribution in [0.1, 0.15) is 85.3 Å². The van der Waals surface area contributed by atoms with E-state index in [0.29, 0.717) is 30.6 Å². The predicted octanol–water partition coefficient (Wildman–Crippen LogP) is 7.11. The number of hydrogen-bond acceptors (Lipinski definition) is 11. The zero-order valence-electron chi connectivity index (χ0n) is 43.5. The summed E-state index contributed by atoms with van der Waals surface area (Å²) in [5.74, 6) is -0.945. The Hall–Kier alpha value is -6.40. The second-order valence-corrected chi connectivity index (χ2v) is 19.2. The van der Waals surface area contributed by atoms with Crippen LogP contribution in [0.15, 0.2) is 83.9 Å². The number of amidine groups is 1. The number of likely N-dealkylation sites (N-methyl/N-ethyl adjacent to an activating group) is 1. The van der Waals surface area contributed by atoms with Crippen molar-refractivity contribution in [3.05, 3.63) is 100 Å². The molecule has 1 aliphatic rings. The average molecular weight is 985 g/mol. The van der Waals surface area contributed by atoms with Gasteiger partial charge < -0.3 is 44.9 Å². The molecular formula is C53H76N8O10. The van der Waals surface area contributed by atoms with Gasteiger partial charge in [0.1, 0.15) is 23.7 Å². The molecule has 388 valence electrons. The zero-order chi connectivity index (χ0) is 52.5. The van der Waals surface area contributed by atoms with Crippen LogP contribution in [0.5, 0.6) is 5.75 Å². The maximum absolute atomic E-state index is 14.5. The molecule has 0 bridgehead atoms. The Kier molecular flexibility index (Phi) is 22.0. The van der Waals surface area contributed by atoms with Gasteiger partial charge in [-0.2, -0.15) is 0 Å². The third kappa shape index (κ3) is 16.1. The lowest BCUT2D eigenvalue weighted by Crippen LogP contribution is -2.55. The molecule has 0 saturated carbocycles. The summed E-state index contributed by atoms with van der Waals surface area (Å²) in [5.41, 5.74) is 1.86. The summed E-state index contributed by atoms with van der Waals surface area (Å²) in [4.78, 5) is 90.3. The van der Waals surface area contributed by atoms with Gasteiger partial charge >= 0.3 is 6.09 Å². The maximum Gasteiger partial charge on any atom is 0.412 e. The molecule has 1 saturated heterocycles. The number of nitrogens with zero attached hydrogens (tertiary/aromatic N) is 5. The van der Waals surface area contributed by atoms with Crippen LogP contribution < -0.4 is 20.7 Å². The number of carbonyl (C=O) groups is 5. The minimum atomic E-state index is -0.984. The molecule has 4 rings (SSSR count). The number of methoxy groups -OCH3 is 2. The Balaban J connectivity index is 1.45. The standard InChI is InChI=1S/C53H76N8O10/c1-13-35(6)47(59(10)52(65)46(33(2)3)57-49(34(4)5)58(8)9)44(69-11)31-45(62)60-29-17-20-43(60)48(70-12)36(7)50(63)56-42(30-37-18-15-14-16-19-37)51(64)55-39-23-21-38(22-24-39)32-54-53(66)71-41-27-25-40(26-28-41)61(67)68/h14-16,18-19,21-28,33-36,42-44,46-48H,13,17,20,29-32H2,1-12H3,(H,54,66)(H,55,64)(H,56,63)/t35-,36+,42-,43-,44+,46-,47-,48+/m0/s1. The molecular weight excluding hydrogens is 909 g/mol. The van der Waals surface area contributed by atoms with Crippen LogP contribution in [-0.4, -0.2) is 133 Å². The van der Waals surface area contributed by atoms with Crippen molar-refractivity contribution in [3.8, 4) is 5.75 Å². The van der Waals surface area contributed by atoms with Crippen LogP contribution >= 0.6 is 0 Å². The molecule has 18 nitrogen and oxygen atoms in total. The third-order valence-electron chi connectivity index (χ3n) is 13.2. The largest absolute Gasteiger partial charge is 0.412 e. The van der Waals surface area contributed by atoms with Crippen molar-refractivity contribution in [2.45, 2.75) is 123 Å². The fourth-order valence-corrected chi connectivity index (χ4v) is 9.18. The van der Waals surface area contributed by atoms with Gasteiger partial charge in [-0.3, -0.25) is 34.3 Å². The van der Waals surface area contributed by atoms with E-state index in [0.717, 1.165) is 17.8 Å². The lowest BCUT2D eigenvalue weighted by molar-refractivity contribution is -0.384. The normalized spacial score (nSPS) is 16.8. The molecule has 3 aromatic rings. The summed E-state index contributed by atoms with van der Waals surface area (Å²) in [6.07, 6.45) is 0.166. The average Bonchev–Trinajstić information content (AvgIpc) is 3.83. The number of aliphatic imine (C=N–C) groups is 1. The highest BCUT2D eigenvalue weighted by molar-refractivity contribution is 5.97. The summed E-state index contributed by atoms with van der Waals surface area (Å²) in [6, 6.07) is 18.8. The van der Waals surface area contributed by atoms with Crippen molar-refractivity contribution in [2.24, 2.45) is 28.7 Å². The molecule has 3 aromatic carbocycles. The van der Waals surface area contributed by atoms with Crippen molar-refractivity contribution in [3.63, 3.8) is 0 Å². The maximum atomic E-state index is 14.5. The summed E-state index contributed by atoms with van der Waals surface area (Å²) in [5, 5.41) is 19.4. The number of hydrogen-bond donors (Lipinski definition) is 3. The molecule has 8 atom stereocenters. The second-order valence-electron chi connectivity index (χ2n) is 19.2. The van der Waals surface area contributed by atoms with Crippen molar-refractivity contribution >= 4 is 46.9 Å². The smallest absolute Gasteiger partial charge is 0.410 e. The van der Waals surface area contributed by atoms with Crippen LogP contribution in [0.25, 0.3) is 0 Å². The van der Waals surface area contributed by atoms with Crippen molar-refractivity contribution in [2.75, 3.05) is 47.2 Å². The number of non-ortho nitro benzene ring substituents is 1. The minimum absolute atomic E-state index is 0.00875. The molecule has 0 aromatic heterocycles. The number of nitro groups is 1. The molecule has 0 spiro atoms. The zero-order valence-corrected chi connectivity index (χ0v) is 43.5. The minimum Gasteiger partial charge on any atom is -0.410 e. The van der Waals surface area contributed by atoms with E-state index in [4.69, 9.17) is 19.2 Å².